The number of nitrogens with zero attached hydrogens (tertiary/aromatic N) is 1. The zero-order valence-electron chi connectivity index (χ0n) is 10.6. The Morgan fingerprint density at radius 2 is 2.06 bits per heavy atom. The zero-order valence-corrected chi connectivity index (χ0v) is 10.6. The van der Waals surface area contributed by atoms with Crippen LogP contribution in [0, 0.1) is 6.92 Å². The molecule has 0 saturated carbocycles. The monoisotopic (exact) mass is 240 g/mol. The average molecular weight is 240 g/mol. The van der Waals surface area contributed by atoms with E-state index in [2.05, 4.69) is 17.2 Å². The van der Waals surface area contributed by atoms with Gasteiger partial charge in [0.05, 0.1) is 0 Å². The van der Waals surface area contributed by atoms with E-state index in [0.29, 0.717) is 5.69 Å². The molecule has 92 valence electrons. The molecule has 1 aromatic heterocycles. The summed E-state index contributed by atoms with van der Waals surface area (Å²) >= 11 is 0. The van der Waals surface area contributed by atoms with Crippen LogP contribution in [-0.4, -0.2) is 10.9 Å². The van der Waals surface area contributed by atoms with E-state index >= 15 is 0 Å². The van der Waals surface area contributed by atoms with Gasteiger partial charge in [0.2, 0.25) is 0 Å². The lowest BCUT2D eigenvalue weighted by Crippen LogP contribution is -2.15. The maximum atomic E-state index is 12.1. The van der Waals surface area contributed by atoms with E-state index in [1.165, 1.54) is 0 Å². The summed E-state index contributed by atoms with van der Waals surface area (Å²) in [6, 6.07) is 11.3. The van der Waals surface area contributed by atoms with Crippen molar-refractivity contribution in [2.24, 2.45) is 0 Å². The van der Waals surface area contributed by atoms with Crippen LogP contribution in [0.1, 0.15) is 28.5 Å². The number of amides is 1. The predicted octanol–water partition coefficient (Wildman–Crippen LogP) is 3.20. The van der Waals surface area contributed by atoms with E-state index < -0.39 is 0 Å². The highest BCUT2D eigenvalue weighted by Gasteiger charge is 2.10. The number of aryl methyl sites for hydroxylation is 2. The van der Waals surface area contributed by atoms with E-state index in [-0.39, 0.29) is 5.91 Å². The van der Waals surface area contributed by atoms with Crippen LogP contribution in [-0.2, 0) is 6.42 Å². The van der Waals surface area contributed by atoms with E-state index in [0.717, 1.165) is 23.2 Å². The highest BCUT2D eigenvalue weighted by molar-refractivity contribution is 6.03. The molecule has 0 atom stereocenters. The Hall–Kier alpha value is -2.16. The van der Waals surface area contributed by atoms with Crippen molar-refractivity contribution < 1.29 is 4.79 Å². The second-order valence-corrected chi connectivity index (χ2v) is 4.13. The third-order valence-corrected chi connectivity index (χ3v) is 2.88. The molecule has 1 aromatic carbocycles. The van der Waals surface area contributed by atoms with Crippen LogP contribution in [0.4, 0.5) is 5.69 Å². The number of hydrogen-bond acceptors (Lipinski definition) is 2. The summed E-state index contributed by atoms with van der Waals surface area (Å²) in [4.78, 5) is 16.1. The number of para-hydroxylation sites is 1. The molecule has 0 aliphatic heterocycles. The summed E-state index contributed by atoms with van der Waals surface area (Å²) in [5, 5.41) is 2.94. The molecule has 3 nitrogen and oxygen atoms in total. The molecule has 0 unspecified atom stereocenters. The summed E-state index contributed by atoms with van der Waals surface area (Å²) in [7, 11) is 0. The minimum absolute atomic E-state index is 0.167. The van der Waals surface area contributed by atoms with Crippen LogP contribution in [0.15, 0.2) is 42.6 Å². The topological polar surface area (TPSA) is 42.0 Å². The summed E-state index contributed by atoms with van der Waals surface area (Å²) < 4.78 is 0. The first-order chi connectivity index (χ1) is 8.72. The second-order valence-electron chi connectivity index (χ2n) is 4.13. The van der Waals surface area contributed by atoms with Gasteiger partial charge < -0.3 is 5.32 Å². The molecule has 0 spiro atoms. The van der Waals surface area contributed by atoms with Gasteiger partial charge in [0.15, 0.2) is 0 Å². The number of carbonyl (C=O) groups is 1. The fourth-order valence-electron chi connectivity index (χ4n) is 1.88. The smallest absolute Gasteiger partial charge is 0.274 e. The Morgan fingerprint density at radius 3 is 2.72 bits per heavy atom. The van der Waals surface area contributed by atoms with E-state index in [1.807, 2.05) is 25.1 Å². The lowest BCUT2D eigenvalue weighted by molar-refractivity contribution is 0.102. The molecular formula is C15H16N2O. The van der Waals surface area contributed by atoms with Gasteiger partial charge in [-0.1, -0.05) is 31.2 Å². The molecule has 1 amide bonds. The van der Waals surface area contributed by atoms with Crippen molar-refractivity contribution in [2.75, 3.05) is 5.32 Å². The molecule has 0 aliphatic rings. The van der Waals surface area contributed by atoms with Crippen molar-refractivity contribution in [3.8, 4) is 0 Å². The molecule has 0 saturated heterocycles. The van der Waals surface area contributed by atoms with Crippen LogP contribution in [0.25, 0.3) is 0 Å². The molecule has 1 heterocycles. The minimum Gasteiger partial charge on any atom is -0.320 e. The van der Waals surface area contributed by atoms with Gasteiger partial charge in [0, 0.05) is 11.9 Å². The maximum absolute atomic E-state index is 12.1. The molecule has 0 radical (unpaired) electrons. The number of nitrogens with one attached hydrogen (secondary N) is 1. The molecule has 1 N–H and O–H groups in total. The number of benzene rings is 1. The molecule has 2 rings (SSSR count). The van der Waals surface area contributed by atoms with Gasteiger partial charge in [-0.15, -0.1) is 0 Å². The minimum atomic E-state index is -0.167. The fraction of sp³-hybridized carbons (Fsp3) is 0.200. The number of hydrogen-bond donors (Lipinski definition) is 1. The Kier molecular flexibility index (Phi) is 3.72. The van der Waals surface area contributed by atoms with Gasteiger partial charge in [0.25, 0.3) is 5.91 Å². The van der Waals surface area contributed by atoms with Crippen LogP contribution in [0.2, 0.25) is 0 Å². The number of carbonyl (C=O) groups excluding carboxylic acids is 1. The summed E-state index contributed by atoms with van der Waals surface area (Å²) in [5.41, 5.74) is 3.54. The number of anilines is 1. The quantitative estimate of drug-likeness (QED) is 0.895. The zero-order chi connectivity index (χ0) is 13.0. The predicted molar refractivity (Wildman–Crippen MR) is 72.7 cm³/mol. The van der Waals surface area contributed by atoms with Gasteiger partial charge in [-0.2, -0.15) is 0 Å². The van der Waals surface area contributed by atoms with Crippen molar-refractivity contribution in [1.82, 2.24) is 4.98 Å². The van der Waals surface area contributed by atoms with Crippen LogP contribution >= 0.6 is 0 Å². The second kappa shape index (κ2) is 5.45. The molecule has 0 fully saturated rings. The Morgan fingerprint density at radius 1 is 1.22 bits per heavy atom. The highest BCUT2D eigenvalue weighted by atomic mass is 16.1. The van der Waals surface area contributed by atoms with Crippen molar-refractivity contribution in [3.63, 3.8) is 0 Å². The Balaban J connectivity index is 2.27. The molecule has 0 aliphatic carbocycles. The van der Waals surface area contributed by atoms with Gasteiger partial charge in [-0.05, 0) is 36.6 Å². The lowest BCUT2D eigenvalue weighted by atomic mass is 10.1. The SMILES string of the molecule is CCc1cccc(C)c1NC(=O)c1ccccn1. The van der Waals surface area contributed by atoms with E-state index in [4.69, 9.17) is 0 Å². The molecule has 3 heteroatoms. The highest BCUT2D eigenvalue weighted by Crippen LogP contribution is 2.21. The van der Waals surface area contributed by atoms with Crippen LogP contribution < -0.4 is 5.32 Å². The first kappa shape index (κ1) is 12.3. The normalized spacial score (nSPS) is 10.1. The van der Waals surface area contributed by atoms with E-state index in [1.54, 1.807) is 24.4 Å². The van der Waals surface area contributed by atoms with Gasteiger partial charge in [-0.25, -0.2) is 0 Å². The number of aromatic nitrogens is 1. The van der Waals surface area contributed by atoms with Gasteiger partial charge >= 0.3 is 0 Å². The Bertz CT molecular complexity index is 550. The molecular weight excluding hydrogens is 224 g/mol. The van der Waals surface area contributed by atoms with Crippen LogP contribution in [0.5, 0.6) is 0 Å². The summed E-state index contributed by atoms with van der Waals surface area (Å²) in [5.74, 6) is -0.167. The largest absolute Gasteiger partial charge is 0.320 e. The third-order valence-electron chi connectivity index (χ3n) is 2.88. The number of pyridine rings is 1. The van der Waals surface area contributed by atoms with Crippen molar-refractivity contribution in [2.45, 2.75) is 20.3 Å². The van der Waals surface area contributed by atoms with Crippen molar-refractivity contribution in [1.29, 1.82) is 0 Å². The maximum Gasteiger partial charge on any atom is 0.274 e. The summed E-state index contributed by atoms with van der Waals surface area (Å²) in [6.45, 7) is 4.07. The van der Waals surface area contributed by atoms with Crippen molar-refractivity contribution >= 4 is 11.6 Å². The standard InChI is InChI=1S/C15H16N2O/c1-3-12-8-6-7-11(2)14(12)17-15(18)13-9-4-5-10-16-13/h4-10H,3H2,1-2H3,(H,17,18). The number of rotatable bonds is 3. The van der Waals surface area contributed by atoms with Gasteiger partial charge in [0.1, 0.15) is 5.69 Å². The summed E-state index contributed by atoms with van der Waals surface area (Å²) in [6.07, 6.45) is 2.51. The molecule has 2 aromatic rings. The first-order valence-corrected chi connectivity index (χ1v) is 6.03. The average Bonchev–Trinajstić information content (AvgIpc) is 2.42. The fourth-order valence-corrected chi connectivity index (χ4v) is 1.88. The third kappa shape index (κ3) is 2.56. The molecule has 0 bridgehead atoms. The Labute approximate surface area is 107 Å². The first-order valence-electron chi connectivity index (χ1n) is 6.03. The van der Waals surface area contributed by atoms with Crippen LogP contribution in [0.3, 0.4) is 0 Å². The van der Waals surface area contributed by atoms with E-state index in [9.17, 15) is 4.79 Å². The van der Waals surface area contributed by atoms with Gasteiger partial charge in [-0.3, -0.25) is 9.78 Å². The lowest BCUT2D eigenvalue weighted by Gasteiger charge is -2.12. The van der Waals surface area contributed by atoms with Crippen molar-refractivity contribution in [3.05, 3.63) is 59.4 Å². The molecule has 18 heavy (non-hydrogen) atoms.